The van der Waals surface area contributed by atoms with Crippen LogP contribution in [0.1, 0.15) is 22.7 Å². The molecule has 1 aliphatic heterocycles. The van der Waals surface area contributed by atoms with Crippen molar-refractivity contribution in [3.05, 3.63) is 84.7 Å². The third kappa shape index (κ3) is 5.80. The summed E-state index contributed by atoms with van der Waals surface area (Å²) >= 11 is 0. The van der Waals surface area contributed by atoms with Gasteiger partial charge in [0.1, 0.15) is 11.6 Å². The van der Waals surface area contributed by atoms with Crippen LogP contribution in [0.15, 0.2) is 73.2 Å². The zero-order chi connectivity index (χ0) is 28.9. The number of rotatable bonds is 7. The molecule has 0 bridgehead atoms. The van der Waals surface area contributed by atoms with E-state index >= 15 is 0 Å². The van der Waals surface area contributed by atoms with Gasteiger partial charge in [0, 0.05) is 62.9 Å². The van der Waals surface area contributed by atoms with Crippen LogP contribution in [0.3, 0.4) is 0 Å². The van der Waals surface area contributed by atoms with Crippen molar-refractivity contribution in [1.29, 1.82) is 0 Å². The van der Waals surface area contributed by atoms with Crippen LogP contribution in [0, 0.1) is 0 Å². The fraction of sp³-hybridized carbons (Fsp3) is 0.207. The molecule has 1 amide bonds. The lowest BCUT2D eigenvalue weighted by Crippen LogP contribution is -2.31. The molecule has 0 saturated carbocycles. The van der Waals surface area contributed by atoms with E-state index in [0.717, 1.165) is 37.6 Å². The summed E-state index contributed by atoms with van der Waals surface area (Å²) in [5.41, 5.74) is 9.10. The monoisotopic (exact) mass is 563 g/mol. The van der Waals surface area contributed by atoms with Crippen LogP contribution >= 0.6 is 0 Å². The van der Waals surface area contributed by atoms with Gasteiger partial charge < -0.3 is 26.0 Å². The van der Waals surface area contributed by atoms with Gasteiger partial charge in [0.2, 0.25) is 0 Å². The number of hydrogen-bond acceptors (Lipinski definition) is 11. The lowest BCUT2D eigenvalue weighted by Gasteiger charge is -2.25. The van der Waals surface area contributed by atoms with Crippen molar-refractivity contribution in [3.63, 3.8) is 0 Å². The Morgan fingerprint density at radius 2 is 1.86 bits per heavy atom. The van der Waals surface area contributed by atoms with Crippen molar-refractivity contribution in [2.45, 2.75) is 6.42 Å². The van der Waals surface area contributed by atoms with E-state index in [-0.39, 0.29) is 11.7 Å². The maximum absolute atomic E-state index is 12.5. The van der Waals surface area contributed by atoms with Gasteiger partial charge in [-0.15, -0.1) is 10.2 Å². The molecule has 6 rings (SSSR count). The van der Waals surface area contributed by atoms with Crippen molar-refractivity contribution in [2.75, 3.05) is 48.3 Å². The predicted octanol–water partition coefficient (Wildman–Crippen LogP) is 2.42. The molecular weight excluding hydrogens is 534 g/mol. The van der Waals surface area contributed by atoms with Crippen molar-refractivity contribution < 1.29 is 9.90 Å². The first kappa shape index (κ1) is 26.6. The van der Waals surface area contributed by atoms with E-state index < -0.39 is 0 Å². The van der Waals surface area contributed by atoms with Gasteiger partial charge in [0.05, 0.1) is 11.4 Å². The van der Waals surface area contributed by atoms with Gasteiger partial charge in [0.15, 0.2) is 23.0 Å². The zero-order valence-electron chi connectivity index (χ0n) is 22.7. The smallest absolute Gasteiger partial charge is 0.272 e. The molecule has 5 heterocycles. The number of nitrogens with zero attached hydrogens (tertiary/aromatic N) is 9. The Morgan fingerprint density at radius 3 is 2.74 bits per heavy atom. The molecule has 212 valence electrons. The zero-order valence-corrected chi connectivity index (χ0v) is 22.7. The summed E-state index contributed by atoms with van der Waals surface area (Å²) in [5, 5.41) is 25.7. The van der Waals surface area contributed by atoms with Crippen LogP contribution in [-0.4, -0.2) is 78.5 Å². The fourth-order valence-corrected chi connectivity index (χ4v) is 4.82. The lowest BCUT2D eigenvalue weighted by molar-refractivity contribution is 0.0952. The van der Waals surface area contributed by atoms with Crippen LogP contribution in [0.2, 0.25) is 0 Å². The van der Waals surface area contributed by atoms with Crippen molar-refractivity contribution >= 4 is 35.0 Å². The number of para-hydroxylation sites is 1. The first-order valence-corrected chi connectivity index (χ1v) is 13.5. The maximum Gasteiger partial charge on any atom is 0.272 e. The number of hydrogen-bond donors (Lipinski definition) is 3. The number of benzene rings is 1. The highest BCUT2D eigenvalue weighted by Crippen LogP contribution is 2.31. The molecule has 42 heavy (non-hydrogen) atoms. The quantitative estimate of drug-likeness (QED) is 0.266. The average Bonchev–Trinajstić information content (AvgIpc) is 3.30. The molecule has 4 N–H and O–H groups in total. The largest absolute Gasteiger partial charge is 0.507 e. The number of phenolic OH excluding ortho intramolecular Hbond substituents is 1. The summed E-state index contributed by atoms with van der Waals surface area (Å²) in [6.07, 6.45) is 9.59. The van der Waals surface area contributed by atoms with Crippen LogP contribution < -0.4 is 20.9 Å². The average molecular weight is 564 g/mol. The molecule has 0 atom stereocenters. The maximum atomic E-state index is 12.5. The number of aromatic hydroxyl groups is 1. The first-order valence-electron chi connectivity index (χ1n) is 13.5. The highest BCUT2D eigenvalue weighted by Gasteiger charge is 2.20. The van der Waals surface area contributed by atoms with Crippen LogP contribution in [-0.2, 0) is 0 Å². The normalized spacial score (nSPS) is 13.9. The predicted molar refractivity (Wildman–Crippen MR) is 159 cm³/mol. The second-order valence-electron chi connectivity index (χ2n) is 9.68. The van der Waals surface area contributed by atoms with Gasteiger partial charge >= 0.3 is 0 Å². The van der Waals surface area contributed by atoms with Crippen LogP contribution in [0.5, 0.6) is 5.75 Å². The fourth-order valence-electron chi connectivity index (χ4n) is 4.82. The summed E-state index contributed by atoms with van der Waals surface area (Å²) in [7, 11) is 0. The molecule has 0 unspecified atom stereocenters. The Balaban J connectivity index is 1.08. The molecule has 1 saturated heterocycles. The van der Waals surface area contributed by atoms with Gasteiger partial charge in [-0.2, -0.15) is 5.10 Å². The second-order valence-corrected chi connectivity index (χ2v) is 9.68. The van der Waals surface area contributed by atoms with E-state index in [9.17, 15) is 9.90 Å². The van der Waals surface area contributed by atoms with Gasteiger partial charge in [-0.3, -0.25) is 4.79 Å². The van der Waals surface area contributed by atoms with Crippen LogP contribution in [0.25, 0.3) is 23.0 Å². The molecule has 1 aliphatic rings. The summed E-state index contributed by atoms with van der Waals surface area (Å²) in [6.45, 7) is 3.32. The summed E-state index contributed by atoms with van der Waals surface area (Å²) in [4.78, 5) is 30.1. The van der Waals surface area contributed by atoms with E-state index in [4.69, 9.17) is 10.7 Å². The third-order valence-corrected chi connectivity index (χ3v) is 6.92. The Labute approximate surface area is 241 Å². The Bertz CT molecular complexity index is 1720. The molecular formula is C29H29N11O2. The molecule has 0 radical (unpaired) electrons. The minimum Gasteiger partial charge on any atom is -0.507 e. The summed E-state index contributed by atoms with van der Waals surface area (Å²) in [5.74, 6) is 1.58. The lowest BCUT2D eigenvalue weighted by atomic mass is 10.1. The number of aromatic nitrogens is 7. The Kier molecular flexibility index (Phi) is 7.53. The first-order chi connectivity index (χ1) is 20.5. The Hall–Kier alpha value is -5.59. The highest BCUT2D eigenvalue weighted by atomic mass is 16.3. The van der Waals surface area contributed by atoms with Gasteiger partial charge in [-0.05, 0) is 42.8 Å². The van der Waals surface area contributed by atoms with Gasteiger partial charge in [-0.25, -0.2) is 19.5 Å². The highest BCUT2D eigenvalue weighted by molar-refractivity contribution is 5.93. The molecule has 13 heteroatoms. The number of anilines is 3. The van der Waals surface area contributed by atoms with E-state index in [0.29, 0.717) is 47.3 Å². The number of nitrogen functional groups attached to an aromatic ring is 1. The van der Waals surface area contributed by atoms with Gasteiger partial charge in [-0.1, -0.05) is 18.2 Å². The van der Waals surface area contributed by atoms with E-state index in [1.54, 1.807) is 65.6 Å². The van der Waals surface area contributed by atoms with Crippen molar-refractivity contribution in [3.8, 4) is 17.0 Å². The summed E-state index contributed by atoms with van der Waals surface area (Å²) < 4.78 is 1.56. The standard InChI is InChI=1S/C29H29N11O2/c30-28-23(18-21(35-36-28)20-6-1-2-7-24(20)41)38-13-5-14-39(17-16-38)26-9-12-31-25(34-26)8-3-10-33-29(42)22-19-27-32-11-4-15-40(27)37-22/h1-4,6-9,11-12,15,18-19,41H,5,10,13-14,16-17H2,(H2,30,36)(H,33,42)/b8-3+. The van der Waals surface area contributed by atoms with E-state index in [2.05, 4.69) is 40.4 Å². The second kappa shape index (κ2) is 11.9. The Morgan fingerprint density at radius 1 is 1.00 bits per heavy atom. The SMILES string of the molecule is Nc1nnc(-c2ccccc2O)cc1N1CCCN(c2ccnc(/C=C/CNC(=O)c3cc4ncccn4n3)n2)CC1. The van der Waals surface area contributed by atoms with Crippen LogP contribution in [0.4, 0.5) is 17.3 Å². The minimum absolute atomic E-state index is 0.143. The number of fused-ring (bicyclic) bond motifs is 1. The molecule has 1 fully saturated rings. The summed E-state index contributed by atoms with van der Waals surface area (Å²) in [6, 6.07) is 14.2. The molecule has 0 spiro atoms. The van der Waals surface area contributed by atoms with E-state index in [1.165, 1.54) is 0 Å². The van der Waals surface area contributed by atoms with Gasteiger partial charge in [0.25, 0.3) is 5.91 Å². The number of nitrogens with two attached hydrogens (primary N) is 1. The van der Waals surface area contributed by atoms with Crippen molar-refractivity contribution in [2.24, 2.45) is 0 Å². The minimum atomic E-state index is -0.285. The molecule has 13 nitrogen and oxygen atoms in total. The third-order valence-electron chi connectivity index (χ3n) is 6.92. The number of nitrogens with one attached hydrogen (secondary N) is 1. The number of carbonyl (C=O) groups excluding carboxylic acids is 1. The molecule has 1 aromatic carbocycles. The molecule has 0 aliphatic carbocycles. The topological polar surface area (TPSA) is 164 Å². The number of carbonyl (C=O) groups is 1. The number of phenols is 1. The number of amides is 1. The van der Waals surface area contributed by atoms with E-state index in [1.807, 2.05) is 18.2 Å². The molecule has 4 aromatic heterocycles. The van der Waals surface area contributed by atoms with Crippen molar-refractivity contribution in [1.82, 2.24) is 40.1 Å². The molecule has 5 aromatic rings.